The molecule has 3 aliphatic rings. The van der Waals surface area contributed by atoms with Gasteiger partial charge in [0.25, 0.3) is 0 Å². The van der Waals surface area contributed by atoms with Gasteiger partial charge in [-0.1, -0.05) is 23.5 Å². The van der Waals surface area contributed by atoms with Crippen LogP contribution in [0.4, 0.5) is 5.00 Å². The fraction of sp³-hybridized carbons (Fsp3) is 0.545. The molecule has 2 fully saturated rings. The number of thiazole rings is 1. The number of methoxy groups -OCH3 is 1. The molecule has 1 aromatic carbocycles. The van der Waals surface area contributed by atoms with Gasteiger partial charge >= 0.3 is 0 Å². The van der Waals surface area contributed by atoms with E-state index in [1.54, 1.807) is 18.4 Å². The second-order valence-corrected chi connectivity index (χ2v) is 9.42. The molecule has 1 amide bonds. The van der Waals surface area contributed by atoms with E-state index in [-0.39, 0.29) is 11.9 Å². The normalized spacial score (nSPS) is 22.1. The maximum absolute atomic E-state index is 13.4. The number of fused-ring (bicyclic) bond motifs is 1. The molecule has 5 rings (SSSR count). The van der Waals surface area contributed by atoms with E-state index in [9.17, 15) is 4.79 Å². The fourth-order valence-electron chi connectivity index (χ4n) is 4.26. The summed E-state index contributed by atoms with van der Waals surface area (Å²) in [5.41, 5.74) is 2.16. The highest BCUT2D eigenvalue weighted by Gasteiger charge is 2.42. The number of amides is 1. The first-order valence-electron chi connectivity index (χ1n) is 10.5. The van der Waals surface area contributed by atoms with Crippen LogP contribution in [0.3, 0.4) is 0 Å². The number of hydrogen-bond acceptors (Lipinski definition) is 6. The Morgan fingerprint density at radius 2 is 2.03 bits per heavy atom. The lowest BCUT2D eigenvalue weighted by Gasteiger charge is -2.36. The average Bonchev–Trinajstić information content (AvgIpc) is 3.37. The van der Waals surface area contributed by atoms with Gasteiger partial charge in [0.2, 0.25) is 5.91 Å². The number of nitrogens with zero attached hydrogens (tertiary/aromatic N) is 4. The van der Waals surface area contributed by atoms with Gasteiger partial charge in [-0.05, 0) is 37.9 Å². The lowest BCUT2D eigenvalue weighted by molar-refractivity contribution is -0.134. The molecule has 2 aromatic rings. The van der Waals surface area contributed by atoms with Crippen LogP contribution in [-0.2, 0) is 11.2 Å². The first-order chi connectivity index (χ1) is 14.1. The van der Waals surface area contributed by atoms with Gasteiger partial charge < -0.3 is 19.4 Å². The van der Waals surface area contributed by atoms with E-state index < -0.39 is 0 Å². The van der Waals surface area contributed by atoms with Crippen LogP contribution in [0.25, 0.3) is 10.6 Å². The van der Waals surface area contributed by atoms with E-state index in [4.69, 9.17) is 9.72 Å². The molecular formula is C22H28N4O2S. The zero-order chi connectivity index (χ0) is 20.0. The van der Waals surface area contributed by atoms with E-state index in [0.29, 0.717) is 0 Å². The number of ether oxygens (including phenoxy) is 1. The molecule has 29 heavy (non-hydrogen) atoms. The Hall–Kier alpha value is -2.12. The van der Waals surface area contributed by atoms with Crippen LogP contribution in [0.1, 0.15) is 18.5 Å². The summed E-state index contributed by atoms with van der Waals surface area (Å²) in [5, 5.41) is 2.21. The first kappa shape index (κ1) is 18.9. The van der Waals surface area contributed by atoms with Crippen molar-refractivity contribution in [2.75, 3.05) is 51.8 Å². The Labute approximate surface area is 176 Å². The molecule has 1 saturated carbocycles. The molecule has 7 heteroatoms. The van der Waals surface area contributed by atoms with Gasteiger partial charge in [0, 0.05) is 44.7 Å². The third-order valence-electron chi connectivity index (χ3n) is 6.27. The summed E-state index contributed by atoms with van der Waals surface area (Å²) in [4.78, 5) is 25.0. The lowest BCUT2D eigenvalue weighted by atomic mass is 10.1. The molecule has 0 N–H and O–H groups in total. The maximum atomic E-state index is 13.4. The van der Waals surface area contributed by atoms with Crippen molar-refractivity contribution in [3.63, 3.8) is 0 Å². The van der Waals surface area contributed by atoms with Gasteiger partial charge in [-0.2, -0.15) is 0 Å². The topological polar surface area (TPSA) is 48.9 Å². The Morgan fingerprint density at radius 3 is 2.76 bits per heavy atom. The van der Waals surface area contributed by atoms with Gasteiger partial charge in [0.1, 0.15) is 21.8 Å². The summed E-state index contributed by atoms with van der Waals surface area (Å²) in [5.74, 6) is 1.86. The highest BCUT2D eigenvalue weighted by molar-refractivity contribution is 7.19. The standard InChI is InChI=1S/C22H28N4O2S/c1-24-8-10-25(11-9-24)21(27)19-13-18-22(26(19)14-15-6-7-15)29-20(23-18)16-4-3-5-17(12-16)28-2/h3-5,12,15,19H,6-11,13-14H2,1-2H3/t19-/m0/s1. The fourth-order valence-corrected chi connectivity index (χ4v) is 5.41. The number of rotatable bonds is 5. The number of carbonyl (C=O) groups excluding carboxylic acids is 1. The molecule has 0 unspecified atom stereocenters. The molecular weight excluding hydrogens is 384 g/mol. The minimum Gasteiger partial charge on any atom is -0.497 e. The van der Waals surface area contributed by atoms with Crippen LogP contribution < -0.4 is 9.64 Å². The molecule has 0 spiro atoms. The van der Waals surface area contributed by atoms with Crippen molar-refractivity contribution < 1.29 is 9.53 Å². The quantitative estimate of drug-likeness (QED) is 0.756. The maximum Gasteiger partial charge on any atom is 0.245 e. The highest BCUT2D eigenvalue weighted by atomic mass is 32.1. The first-order valence-corrected chi connectivity index (χ1v) is 11.3. The second kappa shape index (κ2) is 7.61. The van der Waals surface area contributed by atoms with Crippen molar-refractivity contribution in [2.45, 2.75) is 25.3 Å². The zero-order valence-electron chi connectivity index (χ0n) is 17.1. The number of anilines is 1. The third-order valence-corrected chi connectivity index (χ3v) is 7.45. The van der Waals surface area contributed by atoms with Crippen LogP contribution in [-0.4, -0.2) is 73.6 Å². The van der Waals surface area contributed by atoms with Crippen molar-refractivity contribution >= 4 is 22.2 Å². The Bertz CT molecular complexity index is 902. The van der Waals surface area contributed by atoms with E-state index in [1.807, 2.05) is 18.2 Å². The predicted molar refractivity (Wildman–Crippen MR) is 116 cm³/mol. The van der Waals surface area contributed by atoms with Crippen LogP contribution >= 0.6 is 11.3 Å². The van der Waals surface area contributed by atoms with E-state index in [0.717, 1.165) is 67.1 Å². The molecule has 0 radical (unpaired) electrons. The Balaban J connectivity index is 1.40. The van der Waals surface area contributed by atoms with E-state index >= 15 is 0 Å². The monoisotopic (exact) mass is 412 g/mol. The zero-order valence-corrected chi connectivity index (χ0v) is 18.0. The number of carbonyl (C=O) groups is 1. The number of piperazine rings is 1. The van der Waals surface area contributed by atoms with Gasteiger partial charge in [-0.25, -0.2) is 4.98 Å². The van der Waals surface area contributed by atoms with Crippen molar-refractivity contribution in [2.24, 2.45) is 5.92 Å². The summed E-state index contributed by atoms with van der Waals surface area (Å²) in [6.45, 7) is 4.57. The van der Waals surface area contributed by atoms with Gasteiger partial charge in [-0.3, -0.25) is 4.79 Å². The largest absolute Gasteiger partial charge is 0.497 e. The van der Waals surface area contributed by atoms with Crippen LogP contribution in [0.2, 0.25) is 0 Å². The summed E-state index contributed by atoms with van der Waals surface area (Å²) >= 11 is 1.72. The molecule has 2 aliphatic heterocycles. The lowest BCUT2D eigenvalue weighted by Crippen LogP contribution is -2.54. The average molecular weight is 413 g/mol. The molecule has 1 atom stereocenters. The molecule has 154 valence electrons. The van der Waals surface area contributed by atoms with Gasteiger partial charge in [-0.15, -0.1) is 0 Å². The van der Waals surface area contributed by atoms with Crippen molar-refractivity contribution in [1.82, 2.24) is 14.8 Å². The summed E-state index contributed by atoms with van der Waals surface area (Å²) in [7, 11) is 3.81. The molecule has 0 bridgehead atoms. The number of likely N-dealkylation sites (N-methyl/N-ethyl adjacent to an activating group) is 1. The highest BCUT2D eigenvalue weighted by Crippen LogP contribution is 2.44. The van der Waals surface area contributed by atoms with Gasteiger partial charge in [0.05, 0.1) is 12.8 Å². The molecule has 1 aromatic heterocycles. The smallest absolute Gasteiger partial charge is 0.245 e. The predicted octanol–water partition coefficient (Wildman–Crippen LogP) is 2.73. The minimum absolute atomic E-state index is 0.0767. The number of benzene rings is 1. The van der Waals surface area contributed by atoms with Crippen LogP contribution in [0, 0.1) is 5.92 Å². The second-order valence-electron chi connectivity index (χ2n) is 8.45. The molecule has 1 saturated heterocycles. The van der Waals surface area contributed by atoms with E-state index in [1.165, 1.54) is 17.8 Å². The summed E-state index contributed by atoms with van der Waals surface area (Å²) < 4.78 is 5.37. The number of aromatic nitrogens is 1. The molecule has 3 heterocycles. The van der Waals surface area contributed by atoms with Gasteiger partial charge in [0.15, 0.2) is 0 Å². The Morgan fingerprint density at radius 1 is 1.24 bits per heavy atom. The Kier molecular flexibility index (Phi) is 4.95. The molecule has 6 nitrogen and oxygen atoms in total. The van der Waals surface area contributed by atoms with Crippen LogP contribution in [0.15, 0.2) is 24.3 Å². The minimum atomic E-state index is -0.0767. The van der Waals surface area contributed by atoms with E-state index in [2.05, 4.69) is 27.8 Å². The third kappa shape index (κ3) is 3.73. The van der Waals surface area contributed by atoms with Crippen LogP contribution in [0.5, 0.6) is 5.75 Å². The summed E-state index contributed by atoms with van der Waals surface area (Å²) in [6, 6.07) is 7.99. The number of hydrogen-bond donors (Lipinski definition) is 0. The van der Waals surface area contributed by atoms with Crippen molar-refractivity contribution in [3.05, 3.63) is 30.0 Å². The summed E-state index contributed by atoms with van der Waals surface area (Å²) in [6.07, 6.45) is 3.29. The van der Waals surface area contributed by atoms with Crippen molar-refractivity contribution in [3.8, 4) is 16.3 Å². The SMILES string of the molecule is COc1cccc(-c2nc3c(s2)N(CC2CC2)[C@H](C(=O)N2CCN(C)CC2)C3)c1. The molecule has 1 aliphatic carbocycles. The van der Waals surface area contributed by atoms with Crippen molar-refractivity contribution in [1.29, 1.82) is 0 Å².